The molecule has 2 N–H and O–H groups in total. The molecule has 0 bridgehead atoms. The standard InChI is InChI=1S/C10H15ClN4.C2H6/c1-15-6-2-5-14-9(7-15)10(11)8(13)3-4-12;1-2/h2-3,5-7,13H2,1H3;1-2H3/b10-8+;. The van der Waals surface area contributed by atoms with E-state index >= 15 is 0 Å². The smallest absolute Gasteiger partial charge is 0.0827 e. The molecule has 0 aromatic carbocycles. The summed E-state index contributed by atoms with van der Waals surface area (Å²) in [6.07, 6.45) is 1.18. The third-order valence-corrected chi connectivity index (χ3v) is 2.69. The van der Waals surface area contributed by atoms with E-state index in [-0.39, 0.29) is 6.42 Å². The van der Waals surface area contributed by atoms with Crippen molar-refractivity contribution in [2.75, 3.05) is 26.7 Å². The zero-order chi connectivity index (χ0) is 13.3. The third kappa shape index (κ3) is 5.71. The van der Waals surface area contributed by atoms with Crippen LogP contribution in [-0.4, -0.2) is 37.3 Å². The third-order valence-electron chi connectivity index (χ3n) is 2.23. The average Bonchev–Trinajstić information content (AvgIpc) is 2.56. The van der Waals surface area contributed by atoms with Crippen LogP contribution < -0.4 is 5.73 Å². The zero-order valence-corrected chi connectivity index (χ0v) is 11.6. The Labute approximate surface area is 109 Å². The first-order valence-corrected chi connectivity index (χ1v) is 6.26. The Bertz CT molecular complexity index is 328. The van der Waals surface area contributed by atoms with Gasteiger partial charge in [-0.3, -0.25) is 4.99 Å². The lowest BCUT2D eigenvalue weighted by Gasteiger charge is -2.14. The van der Waals surface area contributed by atoms with Crippen molar-refractivity contribution < 1.29 is 0 Å². The predicted molar refractivity (Wildman–Crippen MR) is 73.1 cm³/mol. The highest BCUT2D eigenvalue weighted by Crippen LogP contribution is 2.13. The molecule has 5 heteroatoms. The highest BCUT2D eigenvalue weighted by Gasteiger charge is 2.13. The number of nitrogens with two attached hydrogens (primary N) is 1. The van der Waals surface area contributed by atoms with E-state index in [2.05, 4.69) is 9.89 Å². The van der Waals surface area contributed by atoms with Crippen LogP contribution in [0, 0.1) is 11.3 Å². The van der Waals surface area contributed by atoms with Crippen molar-refractivity contribution in [1.29, 1.82) is 5.26 Å². The first-order chi connectivity index (χ1) is 8.15. The summed E-state index contributed by atoms with van der Waals surface area (Å²) in [7, 11) is 2.02. The summed E-state index contributed by atoms with van der Waals surface area (Å²) >= 11 is 6.07. The van der Waals surface area contributed by atoms with Crippen molar-refractivity contribution in [3.63, 3.8) is 0 Å². The molecule has 96 valence electrons. The Morgan fingerprint density at radius 2 is 2.24 bits per heavy atom. The number of halogens is 1. The largest absolute Gasteiger partial charge is 0.400 e. The maximum atomic E-state index is 8.52. The van der Waals surface area contributed by atoms with Crippen LogP contribution in [-0.2, 0) is 0 Å². The minimum absolute atomic E-state index is 0.154. The van der Waals surface area contributed by atoms with Gasteiger partial charge in [-0.2, -0.15) is 5.26 Å². The fraction of sp³-hybridized carbons (Fsp3) is 0.667. The number of allylic oxidation sites excluding steroid dienone is 1. The molecule has 0 aromatic rings. The van der Waals surface area contributed by atoms with Crippen LogP contribution in [0.3, 0.4) is 0 Å². The van der Waals surface area contributed by atoms with Crippen LogP contribution in [0.1, 0.15) is 26.7 Å². The molecule has 0 aromatic heterocycles. The summed E-state index contributed by atoms with van der Waals surface area (Å²) in [5, 5.41) is 8.97. The van der Waals surface area contributed by atoms with Crippen LogP contribution in [0.25, 0.3) is 0 Å². The molecule has 17 heavy (non-hydrogen) atoms. The lowest BCUT2D eigenvalue weighted by Crippen LogP contribution is -2.26. The molecule has 0 aliphatic carbocycles. The number of nitriles is 1. The van der Waals surface area contributed by atoms with Gasteiger partial charge in [0.05, 0.1) is 23.2 Å². The van der Waals surface area contributed by atoms with Gasteiger partial charge in [-0.25, -0.2) is 0 Å². The van der Waals surface area contributed by atoms with E-state index in [1.165, 1.54) is 0 Å². The Morgan fingerprint density at radius 1 is 1.59 bits per heavy atom. The molecule has 0 saturated carbocycles. The second-order valence-electron chi connectivity index (χ2n) is 3.59. The molecule has 0 unspecified atom stereocenters. The molecule has 1 rings (SSSR count). The summed E-state index contributed by atoms with van der Waals surface area (Å²) in [4.78, 5) is 6.52. The van der Waals surface area contributed by atoms with Crippen molar-refractivity contribution in [1.82, 2.24) is 4.90 Å². The number of nitrogens with zero attached hydrogens (tertiary/aromatic N) is 3. The fourth-order valence-electron chi connectivity index (χ4n) is 1.43. The van der Waals surface area contributed by atoms with Gasteiger partial charge in [0, 0.05) is 25.3 Å². The average molecular weight is 257 g/mol. The van der Waals surface area contributed by atoms with E-state index in [0.717, 1.165) is 25.2 Å². The van der Waals surface area contributed by atoms with Crippen LogP contribution in [0.4, 0.5) is 0 Å². The fourth-order valence-corrected chi connectivity index (χ4v) is 1.61. The summed E-state index contributed by atoms with van der Waals surface area (Å²) in [6.45, 7) is 6.48. The van der Waals surface area contributed by atoms with Crippen LogP contribution in [0.2, 0.25) is 0 Å². The quantitative estimate of drug-likeness (QED) is 0.823. The molecule has 0 amide bonds. The number of hydrogen-bond acceptors (Lipinski definition) is 4. The van der Waals surface area contributed by atoms with Crippen molar-refractivity contribution in [3.05, 3.63) is 10.7 Å². The Morgan fingerprint density at radius 3 is 2.82 bits per heavy atom. The minimum Gasteiger partial charge on any atom is -0.400 e. The van der Waals surface area contributed by atoms with Crippen LogP contribution >= 0.6 is 11.6 Å². The van der Waals surface area contributed by atoms with Crippen molar-refractivity contribution >= 4 is 17.3 Å². The molecular formula is C12H21ClN4. The number of rotatable bonds is 2. The van der Waals surface area contributed by atoms with Gasteiger partial charge in [-0.05, 0) is 13.5 Å². The highest BCUT2D eigenvalue weighted by atomic mass is 35.5. The maximum absolute atomic E-state index is 8.52. The molecule has 4 nitrogen and oxygen atoms in total. The summed E-state index contributed by atoms with van der Waals surface area (Å²) in [5.41, 5.74) is 6.89. The van der Waals surface area contributed by atoms with Crippen LogP contribution in [0.5, 0.6) is 0 Å². The van der Waals surface area contributed by atoms with Gasteiger partial charge in [0.1, 0.15) is 0 Å². The normalized spacial score (nSPS) is 17.9. The predicted octanol–water partition coefficient (Wildman–Crippen LogP) is 2.11. The summed E-state index contributed by atoms with van der Waals surface area (Å²) in [5.74, 6) is 0. The SMILES string of the molecule is CC.CN1CCCN=C(/C(Cl)=C(\N)CC#N)C1. The monoisotopic (exact) mass is 256 g/mol. The van der Waals surface area contributed by atoms with Crippen molar-refractivity contribution in [3.8, 4) is 6.07 Å². The molecule has 1 heterocycles. The maximum Gasteiger partial charge on any atom is 0.0827 e. The molecule has 0 atom stereocenters. The van der Waals surface area contributed by atoms with E-state index in [0.29, 0.717) is 17.3 Å². The molecule has 1 aliphatic heterocycles. The van der Waals surface area contributed by atoms with E-state index in [1.807, 2.05) is 27.0 Å². The molecule has 1 aliphatic rings. The van der Waals surface area contributed by atoms with Crippen molar-refractivity contribution in [2.45, 2.75) is 26.7 Å². The molecular weight excluding hydrogens is 236 g/mol. The topological polar surface area (TPSA) is 65.4 Å². The first kappa shape index (κ1) is 16.0. The van der Waals surface area contributed by atoms with Crippen molar-refractivity contribution in [2.24, 2.45) is 10.7 Å². The van der Waals surface area contributed by atoms with E-state index in [1.54, 1.807) is 0 Å². The molecule has 0 saturated heterocycles. The van der Waals surface area contributed by atoms with Gasteiger partial charge in [0.2, 0.25) is 0 Å². The molecule has 0 spiro atoms. The van der Waals surface area contributed by atoms with E-state index < -0.39 is 0 Å². The highest BCUT2D eigenvalue weighted by molar-refractivity contribution is 6.44. The first-order valence-electron chi connectivity index (χ1n) is 5.88. The lowest BCUT2D eigenvalue weighted by atomic mass is 10.2. The Hall–Kier alpha value is -1.05. The van der Waals surface area contributed by atoms with Gasteiger partial charge < -0.3 is 10.6 Å². The second-order valence-corrected chi connectivity index (χ2v) is 3.97. The second kappa shape index (κ2) is 9.03. The Balaban J connectivity index is 0.00000121. The Kier molecular flexibility index (Phi) is 8.47. The van der Waals surface area contributed by atoms with E-state index in [9.17, 15) is 0 Å². The molecule has 0 radical (unpaired) electrons. The lowest BCUT2D eigenvalue weighted by molar-refractivity contribution is 0.385. The van der Waals surface area contributed by atoms with Gasteiger partial charge in [0.25, 0.3) is 0 Å². The van der Waals surface area contributed by atoms with Gasteiger partial charge in [-0.15, -0.1) is 0 Å². The number of hydrogen-bond donors (Lipinski definition) is 1. The van der Waals surface area contributed by atoms with Crippen LogP contribution in [0.15, 0.2) is 15.7 Å². The zero-order valence-electron chi connectivity index (χ0n) is 10.8. The van der Waals surface area contributed by atoms with E-state index in [4.69, 9.17) is 22.6 Å². The minimum atomic E-state index is 0.154. The molecule has 0 fully saturated rings. The van der Waals surface area contributed by atoms with Gasteiger partial charge in [0.15, 0.2) is 0 Å². The van der Waals surface area contributed by atoms with Gasteiger partial charge in [-0.1, -0.05) is 25.4 Å². The summed E-state index contributed by atoms with van der Waals surface area (Å²) < 4.78 is 0. The summed E-state index contributed by atoms with van der Waals surface area (Å²) in [6, 6.07) is 1.98. The number of aliphatic imine (C=N–C) groups is 1. The van der Waals surface area contributed by atoms with Gasteiger partial charge >= 0.3 is 0 Å².